The molecule has 152 valence electrons. The minimum atomic E-state index is -4.55. The Morgan fingerprint density at radius 3 is 2.66 bits per heavy atom. The van der Waals surface area contributed by atoms with Gasteiger partial charge in [-0.3, -0.25) is 19.3 Å². The standard InChI is InChI=1S/C21H21F3N4O/c1-13-11-26-17-10-15(14-6-3-2-4-7-14)20(29)28(19(17)27-13)12-18-16(21(22,23)24)8-5-9-25-18/h5,8-11,14H,2-4,6-7,12H2,1H3. The van der Waals surface area contributed by atoms with Gasteiger partial charge in [0.15, 0.2) is 5.65 Å². The fourth-order valence-electron chi connectivity index (χ4n) is 4.06. The highest BCUT2D eigenvalue weighted by atomic mass is 19.4. The summed E-state index contributed by atoms with van der Waals surface area (Å²) in [5.41, 5.74) is 0.654. The first-order valence-electron chi connectivity index (χ1n) is 9.73. The van der Waals surface area contributed by atoms with Gasteiger partial charge in [-0.05, 0) is 43.9 Å². The molecule has 0 aliphatic heterocycles. The predicted molar refractivity (Wildman–Crippen MR) is 103 cm³/mol. The normalized spacial score (nSPS) is 15.7. The second-order valence-electron chi connectivity index (χ2n) is 7.54. The van der Waals surface area contributed by atoms with E-state index in [0.717, 1.165) is 38.2 Å². The zero-order valence-electron chi connectivity index (χ0n) is 16.0. The molecule has 0 radical (unpaired) electrons. The second-order valence-corrected chi connectivity index (χ2v) is 7.54. The molecule has 3 heterocycles. The minimum Gasteiger partial charge on any atom is -0.285 e. The average molecular weight is 402 g/mol. The van der Waals surface area contributed by atoms with Crippen LogP contribution in [0.3, 0.4) is 0 Å². The molecule has 1 aliphatic rings. The highest BCUT2D eigenvalue weighted by molar-refractivity contribution is 5.71. The number of hydrogen-bond acceptors (Lipinski definition) is 4. The summed E-state index contributed by atoms with van der Waals surface area (Å²) in [4.78, 5) is 26.1. The van der Waals surface area contributed by atoms with Crippen LogP contribution in [0.5, 0.6) is 0 Å². The molecule has 0 amide bonds. The summed E-state index contributed by atoms with van der Waals surface area (Å²) in [6.07, 6.45) is 3.38. The molecule has 0 aromatic carbocycles. The monoisotopic (exact) mass is 402 g/mol. The van der Waals surface area contributed by atoms with Gasteiger partial charge in [0.1, 0.15) is 5.52 Å². The molecule has 8 heteroatoms. The number of alkyl halides is 3. The lowest BCUT2D eigenvalue weighted by molar-refractivity contribution is -0.138. The van der Waals surface area contributed by atoms with E-state index in [1.165, 1.54) is 16.8 Å². The van der Waals surface area contributed by atoms with Gasteiger partial charge >= 0.3 is 6.18 Å². The van der Waals surface area contributed by atoms with Crippen LogP contribution in [0.4, 0.5) is 13.2 Å². The van der Waals surface area contributed by atoms with Crippen molar-refractivity contribution in [3.63, 3.8) is 0 Å². The lowest BCUT2D eigenvalue weighted by Crippen LogP contribution is -2.29. The van der Waals surface area contributed by atoms with Gasteiger partial charge < -0.3 is 0 Å². The maximum atomic E-state index is 13.4. The Hall–Kier alpha value is -2.77. The van der Waals surface area contributed by atoms with Crippen LogP contribution in [0.15, 0.2) is 35.4 Å². The van der Waals surface area contributed by atoms with E-state index in [9.17, 15) is 18.0 Å². The summed E-state index contributed by atoms with van der Waals surface area (Å²) < 4.78 is 41.6. The smallest absolute Gasteiger partial charge is 0.285 e. The molecular weight excluding hydrogens is 381 g/mol. The summed E-state index contributed by atoms with van der Waals surface area (Å²) in [6.45, 7) is 1.43. The third kappa shape index (κ3) is 3.88. The van der Waals surface area contributed by atoms with Gasteiger partial charge in [0.25, 0.3) is 5.56 Å². The topological polar surface area (TPSA) is 60.7 Å². The quantitative estimate of drug-likeness (QED) is 0.642. The molecule has 1 aliphatic carbocycles. The summed E-state index contributed by atoms with van der Waals surface area (Å²) in [6, 6.07) is 3.99. The van der Waals surface area contributed by atoms with E-state index in [0.29, 0.717) is 16.8 Å². The van der Waals surface area contributed by atoms with Crippen molar-refractivity contribution in [3.8, 4) is 0 Å². The molecule has 0 saturated heterocycles. The van der Waals surface area contributed by atoms with Crippen LogP contribution in [0.1, 0.15) is 60.5 Å². The third-order valence-corrected chi connectivity index (χ3v) is 5.49. The van der Waals surface area contributed by atoms with Crippen LogP contribution in [0.2, 0.25) is 0 Å². The molecule has 3 aromatic heterocycles. The molecule has 0 unspecified atom stereocenters. The first-order valence-corrected chi connectivity index (χ1v) is 9.73. The Balaban J connectivity index is 1.90. The van der Waals surface area contributed by atoms with Crippen molar-refractivity contribution in [2.45, 2.75) is 57.7 Å². The van der Waals surface area contributed by atoms with Crippen molar-refractivity contribution < 1.29 is 13.2 Å². The Labute approximate surface area is 165 Å². The van der Waals surface area contributed by atoms with Gasteiger partial charge in [-0.1, -0.05) is 19.3 Å². The van der Waals surface area contributed by atoms with Crippen molar-refractivity contribution >= 4 is 11.2 Å². The van der Waals surface area contributed by atoms with E-state index < -0.39 is 11.7 Å². The van der Waals surface area contributed by atoms with Crippen molar-refractivity contribution in [3.05, 3.63) is 63.5 Å². The molecule has 3 aromatic rings. The molecule has 0 N–H and O–H groups in total. The zero-order valence-corrected chi connectivity index (χ0v) is 16.0. The maximum absolute atomic E-state index is 13.4. The molecule has 0 spiro atoms. The van der Waals surface area contributed by atoms with Crippen LogP contribution >= 0.6 is 0 Å². The van der Waals surface area contributed by atoms with Gasteiger partial charge in [-0.25, -0.2) is 4.98 Å². The molecular formula is C21H21F3N4O. The number of hydrogen-bond donors (Lipinski definition) is 0. The van der Waals surface area contributed by atoms with Gasteiger partial charge in [0.05, 0.1) is 23.5 Å². The van der Waals surface area contributed by atoms with Crippen LogP contribution in [0.25, 0.3) is 11.2 Å². The van der Waals surface area contributed by atoms with E-state index in [-0.39, 0.29) is 29.4 Å². The summed E-state index contributed by atoms with van der Waals surface area (Å²) in [7, 11) is 0. The minimum absolute atomic E-state index is 0.0980. The largest absolute Gasteiger partial charge is 0.418 e. The number of aryl methyl sites for hydroxylation is 1. The van der Waals surface area contributed by atoms with Crippen LogP contribution < -0.4 is 5.56 Å². The van der Waals surface area contributed by atoms with E-state index in [2.05, 4.69) is 15.0 Å². The van der Waals surface area contributed by atoms with Crippen LogP contribution in [-0.2, 0) is 12.7 Å². The number of aromatic nitrogens is 4. The fourth-order valence-corrected chi connectivity index (χ4v) is 4.06. The number of halogens is 3. The van der Waals surface area contributed by atoms with Gasteiger partial charge in [-0.15, -0.1) is 0 Å². The van der Waals surface area contributed by atoms with Crippen LogP contribution in [0, 0.1) is 6.92 Å². The molecule has 0 bridgehead atoms. The Bertz CT molecular complexity index is 1100. The fraction of sp³-hybridized carbons (Fsp3) is 0.429. The lowest BCUT2D eigenvalue weighted by atomic mass is 9.84. The van der Waals surface area contributed by atoms with Crippen molar-refractivity contribution in [2.75, 3.05) is 0 Å². The number of pyridine rings is 2. The molecule has 4 rings (SSSR count). The van der Waals surface area contributed by atoms with Gasteiger partial charge in [0, 0.05) is 18.0 Å². The van der Waals surface area contributed by atoms with Gasteiger partial charge in [0.2, 0.25) is 0 Å². The lowest BCUT2D eigenvalue weighted by Gasteiger charge is -2.23. The first kappa shape index (κ1) is 19.5. The second kappa shape index (κ2) is 7.57. The molecule has 1 saturated carbocycles. The number of rotatable bonds is 3. The summed E-state index contributed by atoms with van der Waals surface area (Å²) >= 11 is 0. The van der Waals surface area contributed by atoms with E-state index >= 15 is 0 Å². The van der Waals surface area contributed by atoms with Gasteiger partial charge in [-0.2, -0.15) is 13.2 Å². The third-order valence-electron chi connectivity index (χ3n) is 5.49. The van der Waals surface area contributed by atoms with E-state index in [4.69, 9.17) is 0 Å². The number of nitrogens with zero attached hydrogens (tertiary/aromatic N) is 4. The molecule has 0 atom stereocenters. The van der Waals surface area contributed by atoms with E-state index in [1.807, 2.05) is 0 Å². The predicted octanol–water partition coefficient (Wildman–Crippen LogP) is 4.61. The average Bonchev–Trinajstić information content (AvgIpc) is 2.70. The number of fused-ring (bicyclic) bond motifs is 1. The Morgan fingerprint density at radius 1 is 1.17 bits per heavy atom. The van der Waals surface area contributed by atoms with Crippen molar-refractivity contribution in [2.24, 2.45) is 0 Å². The van der Waals surface area contributed by atoms with Crippen molar-refractivity contribution in [1.82, 2.24) is 19.5 Å². The zero-order chi connectivity index (χ0) is 20.6. The Kier molecular flexibility index (Phi) is 5.10. The molecule has 1 fully saturated rings. The Morgan fingerprint density at radius 2 is 1.93 bits per heavy atom. The highest BCUT2D eigenvalue weighted by Crippen LogP contribution is 2.33. The maximum Gasteiger partial charge on any atom is 0.418 e. The van der Waals surface area contributed by atoms with Crippen LogP contribution in [-0.4, -0.2) is 19.5 Å². The highest BCUT2D eigenvalue weighted by Gasteiger charge is 2.34. The summed E-state index contributed by atoms with van der Waals surface area (Å²) in [5, 5.41) is 0. The summed E-state index contributed by atoms with van der Waals surface area (Å²) in [5.74, 6) is 0.0980. The van der Waals surface area contributed by atoms with E-state index in [1.54, 1.807) is 19.2 Å². The van der Waals surface area contributed by atoms with Crippen molar-refractivity contribution in [1.29, 1.82) is 0 Å². The molecule has 29 heavy (non-hydrogen) atoms. The SMILES string of the molecule is Cc1cnc2cc(C3CCCCC3)c(=O)n(Cc3ncccc3C(F)(F)F)c2n1. The molecule has 5 nitrogen and oxygen atoms in total. The first-order chi connectivity index (χ1) is 13.8.